The second kappa shape index (κ2) is 8.69. The molecule has 2 aromatic rings. The number of methoxy groups -OCH3 is 1. The average Bonchev–Trinajstić information content (AvgIpc) is 2.60. The molecule has 0 aliphatic rings. The Kier molecular flexibility index (Phi) is 6.33. The van der Waals surface area contributed by atoms with Crippen LogP contribution in [0.1, 0.15) is 26.3 Å². The van der Waals surface area contributed by atoms with Gasteiger partial charge in [0.05, 0.1) is 12.2 Å². The SMILES string of the molecule is COCCOc1ccccc1C(=O)NNC(=O)c1ccccc1C. The van der Waals surface area contributed by atoms with Crippen LogP contribution in [0, 0.1) is 6.92 Å². The van der Waals surface area contributed by atoms with Crippen molar-refractivity contribution in [2.24, 2.45) is 0 Å². The number of rotatable bonds is 6. The van der Waals surface area contributed by atoms with Gasteiger partial charge in [0.15, 0.2) is 0 Å². The molecule has 24 heavy (non-hydrogen) atoms. The van der Waals surface area contributed by atoms with Gasteiger partial charge in [0.25, 0.3) is 11.8 Å². The van der Waals surface area contributed by atoms with Gasteiger partial charge in [0.1, 0.15) is 12.4 Å². The number of benzene rings is 2. The third kappa shape index (κ3) is 4.57. The van der Waals surface area contributed by atoms with Gasteiger partial charge in [-0.15, -0.1) is 0 Å². The summed E-state index contributed by atoms with van der Waals surface area (Å²) in [6, 6.07) is 13.9. The number of hydrogen-bond acceptors (Lipinski definition) is 4. The van der Waals surface area contributed by atoms with Crippen molar-refractivity contribution in [2.45, 2.75) is 6.92 Å². The Bertz CT molecular complexity index is 716. The summed E-state index contributed by atoms with van der Waals surface area (Å²) in [4.78, 5) is 24.4. The predicted molar refractivity (Wildman–Crippen MR) is 89.9 cm³/mol. The van der Waals surface area contributed by atoms with Crippen LogP contribution in [-0.4, -0.2) is 32.1 Å². The van der Waals surface area contributed by atoms with Gasteiger partial charge in [-0.3, -0.25) is 20.4 Å². The van der Waals surface area contributed by atoms with Crippen molar-refractivity contribution in [1.29, 1.82) is 0 Å². The van der Waals surface area contributed by atoms with Crippen LogP contribution in [0.3, 0.4) is 0 Å². The summed E-state index contributed by atoms with van der Waals surface area (Å²) in [5, 5.41) is 0. The molecule has 2 amide bonds. The van der Waals surface area contributed by atoms with Crippen molar-refractivity contribution in [1.82, 2.24) is 10.9 Å². The number of amides is 2. The van der Waals surface area contributed by atoms with E-state index in [1.807, 2.05) is 19.1 Å². The lowest BCUT2D eigenvalue weighted by molar-refractivity contribution is 0.0842. The van der Waals surface area contributed by atoms with E-state index in [1.54, 1.807) is 43.5 Å². The summed E-state index contributed by atoms with van der Waals surface area (Å²) >= 11 is 0. The second-order valence-electron chi connectivity index (χ2n) is 5.06. The largest absolute Gasteiger partial charge is 0.490 e. The molecule has 6 nitrogen and oxygen atoms in total. The minimum absolute atomic E-state index is 0.330. The zero-order valence-electron chi connectivity index (χ0n) is 13.7. The van der Waals surface area contributed by atoms with Gasteiger partial charge >= 0.3 is 0 Å². The molecule has 2 aromatic carbocycles. The molecule has 126 valence electrons. The Labute approximate surface area is 140 Å². The molecule has 0 heterocycles. The maximum atomic E-state index is 12.3. The number of ether oxygens (including phenoxy) is 2. The van der Waals surface area contributed by atoms with Crippen LogP contribution < -0.4 is 15.6 Å². The molecule has 0 saturated heterocycles. The summed E-state index contributed by atoms with van der Waals surface area (Å²) < 4.78 is 10.4. The molecule has 0 bridgehead atoms. The molecular weight excluding hydrogens is 308 g/mol. The Morgan fingerprint density at radius 2 is 1.46 bits per heavy atom. The summed E-state index contributed by atoms with van der Waals surface area (Å²) in [6.45, 7) is 2.58. The number of hydrazine groups is 1. The number of carbonyl (C=O) groups is 2. The maximum absolute atomic E-state index is 12.3. The summed E-state index contributed by atoms with van der Waals surface area (Å²) in [5.41, 5.74) is 6.48. The van der Waals surface area contributed by atoms with Gasteiger partial charge in [0, 0.05) is 12.7 Å². The third-order valence-electron chi connectivity index (χ3n) is 3.36. The lowest BCUT2D eigenvalue weighted by Crippen LogP contribution is -2.42. The van der Waals surface area contributed by atoms with Gasteiger partial charge in [-0.25, -0.2) is 0 Å². The van der Waals surface area contributed by atoms with Crippen LogP contribution >= 0.6 is 0 Å². The Hall–Kier alpha value is -2.86. The molecule has 0 radical (unpaired) electrons. The topological polar surface area (TPSA) is 76.7 Å². The van der Waals surface area contributed by atoms with Crippen molar-refractivity contribution >= 4 is 11.8 Å². The van der Waals surface area contributed by atoms with E-state index in [0.717, 1.165) is 5.56 Å². The maximum Gasteiger partial charge on any atom is 0.273 e. The molecule has 0 saturated carbocycles. The fourth-order valence-corrected chi connectivity index (χ4v) is 2.09. The number of para-hydroxylation sites is 1. The van der Waals surface area contributed by atoms with Crippen molar-refractivity contribution < 1.29 is 19.1 Å². The molecule has 2 rings (SSSR count). The first-order chi connectivity index (χ1) is 11.6. The zero-order chi connectivity index (χ0) is 17.4. The van der Waals surface area contributed by atoms with E-state index in [1.165, 1.54) is 0 Å². The van der Waals surface area contributed by atoms with Gasteiger partial charge in [-0.1, -0.05) is 30.3 Å². The summed E-state index contributed by atoms with van der Waals surface area (Å²) in [7, 11) is 1.57. The number of aryl methyl sites for hydroxylation is 1. The minimum Gasteiger partial charge on any atom is -0.490 e. The molecule has 6 heteroatoms. The number of carbonyl (C=O) groups excluding carboxylic acids is 2. The summed E-state index contributed by atoms with van der Waals surface area (Å²) in [5.74, 6) is -0.402. The average molecular weight is 328 g/mol. The highest BCUT2D eigenvalue weighted by Gasteiger charge is 2.14. The highest BCUT2D eigenvalue weighted by Crippen LogP contribution is 2.17. The fourth-order valence-electron chi connectivity index (χ4n) is 2.09. The zero-order valence-corrected chi connectivity index (χ0v) is 13.7. The van der Waals surface area contributed by atoms with Crippen LogP contribution in [0.15, 0.2) is 48.5 Å². The molecule has 2 N–H and O–H groups in total. The van der Waals surface area contributed by atoms with E-state index in [2.05, 4.69) is 10.9 Å². The Balaban J connectivity index is 2.00. The lowest BCUT2D eigenvalue weighted by Gasteiger charge is -2.12. The van der Waals surface area contributed by atoms with Gasteiger partial charge in [-0.2, -0.15) is 0 Å². The van der Waals surface area contributed by atoms with Crippen molar-refractivity contribution in [3.8, 4) is 5.75 Å². The van der Waals surface area contributed by atoms with E-state index in [4.69, 9.17) is 9.47 Å². The number of nitrogens with one attached hydrogen (secondary N) is 2. The van der Waals surface area contributed by atoms with Crippen LogP contribution in [0.25, 0.3) is 0 Å². The molecule has 0 atom stereocenters. The van der Waals surface area contributed by atoms with E-state index < -0.39 is 5.91 Å². The van der Waals surface area contributed by atoms with E-state index >= 15 is 0 Å². The first-order valence-electron chi connectivity index (χ1n) is 7.50. The van der Waals surface area contributed by atoms with E-state index in [9.17, 15) is 9.59 Å². The Morgan fingerprint density at radius 3 is 2.12 bits per heavy atom. The van der Waals surface area contributed by atoms with E-state index in [-0.39, 0.29) is 5.91 Å². The monoisotopic (exact) mass is 328 g/mol. The minimum atomic E-state index is -0.454. The third-order valence-corrected chi connectivity index (χ3v) is 3.36. The molecule has 0 aliphatic carbocycles. The smallest absolute Gasteiger partial charge is 0.273 e. The van der Waals surface area contributed by atoms with Crippen LogP contribution in [0.5, 0.6) is 5.75 Å². The van der Waals surface area contributed by atoms with E-state index in [0.29, 0.717) is 30.1 Å². The van der Waals surface area contributed by atoms with Gasteiger partial charge < -0.3 is 9.47 Å². The van der Waals surface area contributed by atoms with Gasteiger partial charge in [0.2, 0.25) is 0 Å². The molecule has 0 fully saturated rings. The lowest BCUT2D eigenvalue weighted by atomic mass is 10.1. The Morgan fingerprint density at radius 1 is 0.875 bits per heavy atom. The van der Waals surface area contributed by atoms with Gasteiger partial charge in [-0.05, 0) is 30.7 Å². The highest BCUT2D eigenvalue weighted by atomic mass is 16.5. The summed E-state index contributed by atoms with van der Waals surface area (Å²) in [6.07, 6.45) is 0. The standard InChI is InChI=1S/C18H20N2O4/c1-13-7-3-4-8-14(13)17(21)19-20-18(22)15-9-5-6-10-16(15)24-12-11-23-2/h3-10H,11-12H2,1-2H3,(H,19,21)(H,20,22). The first kappa shape index (κ1) is 17.5. The second-order valence-corrected chi connectivity index (χ2v) is 5.06. The first-order valence-corrected chi connectivity index (χ1v) is 7.50. The molecule has 0 spiro atoms. The highest BCUT2D eigenvalue weighted by molar-refractivity contribution is 6.00. The molecular formula is C18H20N2O4. The van der Waals surface area contributed by atoms with Crippen molar-refractivity contribution in [3.05, 3.63) is 65.2 Å². The molecule has 0 aromatic heterocycles. The number of hydrogen-bond donors (Lipinski definition) is 2. The van der Waals surface area contributed by atoms with Crippen molar-refractivity contribution in [2.75, 3.05) is 20.3 Å². The van der Waals surface area contributed by atoms with Crippen LogP contribution in [-0.2, 0) is 4.74 Å². The molecule has 0 unspecified atom stereocenters. The van der Waals surface area contributed by atoms with Crippen LogP contribution in [0.4, 0.5) is 0 Å². The van der Waals surface area contributed by atoms with Crippen LogP contribution in [0.2, 0.25) is 0 Å². The molecule has 0 aliphatic heterocycles. The normalized spacial score (nSPS) is 10.1. The fraction of sp³-hybridized carbons (Fsp3) is 0.222. The van der Waals surface area contributed by atoms with Crippen molar-refractivity contribution in [3.63, 3.8) is 0 Å². The predicted octanol–water partition coefficient (Wildman–Crippen LogP) is 2.10. The quantitative estimate of drug-likeness (QED) is 0.629.